The Balaban J connectivity index is 1.44. The molecule has 0 aliphatic carbocycles. The standard InChI is InChI=1S/C26H27N3O5/c1-3-29(17-25(30)28-19-10-13-23-24(16-19)34-15-14-33-23)26(31)21-6-4-5-7-22(21)27-18-8-11-20(32-2)12-9-18/h4-13,16,27H,3,14-15,17H2,1-2H3,(H,28,30). The molecule has 1 aliphatic heterocycles. The first kappa shape index (κ1) is 23.0. The van der Waals surface area contributed by atoms with Crippen LogP contribution in [0.25, 0.3) is 0 Å². The van der Waals surface area contributed by atoms with Crippen LogP contribution in [-0.4, -0.2) is 50.1 Å². The largest absolute Gasteiger partial charge is 0.497 e. The van der Waals surface area contributed by atoms with Gasteiger partial charge in [0.15, 0.2) is 11.5 Å². The molecule has 34 heavy (non-hydrogen) atoms. The van der Waals surface area contributed by atoms with Crippen LogP contribution in [0.5, 0.6) is 17.2 Å². The maximum absolute atomic E-state index is 13.3. The molecule has 0 radical (unpaired) electrons. The number of ether oxygens (including phenoxy) is 3. The summed E-state index contributed by atoms with van der Waals surface area (Å²) in [6.07, 6.45) is 0. The van der Waals surface area contributed by atoms with E-state index in [2.05, 4.69) is 10.6 Å². The first-order valence-electron chi connectivity index (χ1n) is 11.1. The van der Waals surface area contributed by atoms with E-state index in [4.69, 9.17) is 14.2 Å². The lowest BCUT2D eigenvalue weighted by Gasteiger charge is -2.23. The van der Waals surface area contributed by atoms with Crippen molar-refractivity contribution in [2.24, 2.45) is 0 Å². The lowest BCUT2D eigenvalue weighted by molar-refractivity contribution is -0.116. The Hall–Kier alpha value is -4.20. The van der Waals surface area contributed by atoms with Gasteiger partial charge in [0.05, 0.1) is 18.4 Å². The summed E-state index contributed by atoms with van der Waals surface area (Å²) in [5, 5.41) is 6.11. The van der Waals surface area contributed by atoms with Crippen molar-refractivity contribution in [3.05, 3.63) is 72.3 Å². The summed E-state index contributed by atoms with van der Waals surface area (Å²) in [4.78, 5) is 27.5. The second kappa shape index (κ2) is 10.6. The summed E-state index contributed by atoms with van der Waals surface area (Å²) < 4.78 is 16.3. The normalized spacial score (nSPS) is 11.9. The van der Waals surface area contributed by atoms with Crippen LogP contribution in [0, 0.1) is 0 Å². The minimum absolute atomic E-state index is 0.0827. The molecule has 3 aromatic rings. The van der Waals surface area contributed by atoms with E-state index in [1.807, 2.05) is 43.3 Å². The third-order valence-electron chi connectivity index (χ3n) is 5.36. The van der Waals surface area contributed by atoms with Gasteiger partial charge >= 0.3 is 0 Å². The van der Waals surface area contributed by atoms with Crippen molar-refractivity contribution in [3.63, 3.8) is 0 Å². The fourth-order valence-electron chi connectivity index (χ4n) is 3.60. The first-order chi connectivity index (χ1) is 16.6. The van der Waals surface area contributed by atoms with Gasteiger partial charge in [0.1, 0.15) is 25.5 Å². The van der Waals surface area contributed by atoms with Crippen LogP contribution in [0.1, 0.15) is 17.3 Å². The van der Waals surface area contributed by atoms with Crippen molar-refractivity contribution in [1.82, 2.24) is 4.90 Å². The summed E-state index contributed by atoms with van der Waals surface area (Å²) >= 11 is 0. The molecule has 1 heterocycles. The SMILES string of the molecule is CCN(CC(=O)Nc1ccc2c(c1)OCCO2)C(=O)c1ccccc1Nc1ccc(OC)cc1. The molecule has 0 saturated heterocycles. The van der Waals surface area contributed by atoms with Crippen molar-refractivity contribution >= 4 is 28.9 Å². The maximum Gasteiger partial charge on any atom is 0.256 e. The van der Waals surface area contributed by atoms with Gasteiger partial charge in [0.2, 0.25) is 5.91 Å². The van der Waals surface area contributed by atoms with Crippen molar-refractivity contribution < 1.29 is 23.8 Å². The molecule has 0 atom stereocenters. The number of rotatable bonds is 8. The van der Waals surface area contributed by atoms with Crippen LogP contribution in [0.4, 0.5) is 17.1 Å². The fourth-order valence-corrected chi connectivity index (χ4v) is 3.60. The monoisotopic (exact) mass is 461 g/mol. The fraction of sp³-hybridized carbons (Fsp3) is 0.231. The van der Waals surface area contributed by atoms with Gasteiger partial charge in [-0.3, -0.25) is 9.59 Å². The number of para-hydroxylation sites is 1. The van der Waals surface area contributed by atoms with Gasteiger partial charge in [-0.1, -0.05) is 12.1 Å². The number of fused-ring (bicyclic) bond motifs is 1. The van der Waals surface area contributed by atoms with E-state index in [0.717, 1.165) is 11.4 Å². The zero-order valence-electron chi connectivity index (χ0n) is 19.2. The van der Waals surface area contributed by atoms with Gasteiger partial charge in [-0.15, -0.1) is 0 Å². The molecule has 2 amide bonds. The quantitative estimate of drug-likeness (QED) is 0.520. The van der Waals surface area contributed by atoms with E-state index in [0.29, 0.717) is 48.2 Å². The van der Waals surface area contributed by atoms with Gasteiger partial charge < -0.3 is 29.7 Å². The lowest BCUT2D eigenvalue weighted by Crippen LogP contribution is -2.38. The van der Waals surface area contributed by atoms with Crippen molar-refractivity contribution in [2.75, 3.05) is 44.0 Å². The summed E-state index contributed by atoms with van der Waals surface area (Å²) in [5.41, 5.74) is 2.54. The number of hydrogen-bond donors (Lipinski definition) is 2. The van der Waals surface area contributed by atoms with E-state index < -0.39 is 0 Å². The lowest BCUT2D eigenvalue weighted by atomic mass is 10.1. The second-order valence-corrected chi connectivity index (χ2v) is 7.63. The molecular formula is C26H27N3O5. The summed E-state index contributed by atoms with van der Waals surface area (Å²) in [6.45, 7) is 3.10. The summed E-state index contributed by atoms with van der Waals surface area (Å²) in [6, 6.07) is 19.9. The minimum atomic E-state index is -0.299. The number of nitrogens with zero attached hydrogens (tertiary/aromatic N) is 1. The molecule has 176 valence electrons. The highest BCUT2D eigenvalue weighted by atomic mass is 16.6. The highest BCUT2D eigenvalue weighted by Gasteiger charge is 2.21. The molecule has 2 N–H and O–H groups in total. The van der Waals surface area contributed by atoms with Crippen LogP contribution < -0.4 is 24.8 Å². The summed E-state index contributed by atoms with van der Waals surface area (Å²) in [7, 11) is 1.61. The highest BCUT2D eigenvalue weighted by molar-refractivity contribution is 6.03. The number of likely N-dealkylation sites (N-methyl/N-ethyl adjacent to an activating group) is 1. The average Bonchev–Trinajstić information content (AvgIpc) is 2.87. The van der Waals surface area contributed by atoms with Crippen molar-refractivity contribution in [2.45, 2.75) is 6.92 Å². The molecule has 0 bridgehead atoms. The minimum Gasteiger partial charge on any atom is -0.497 e. The van der Waals surface area contributed by atoms with E-state index in [1.165, 1.54) is 4.90 Å². The van der Waals surface area contributed by atoms with Gasteiger partial charge in [-0.05, 0) is 55.5 Å². The van der Waals surface area contributed by atoms with E-state index in [-0.39, 0.29) is 18.4 Å². The van der Waals surface area contributed by atoms with Crippen LogP contribution in [0.3, 0.4) is 0 Å². The third-order valence-corrected chi connectivity index (χ3v) is 5.36. The maximum atomic E-state index is 13.3. The molecule has 0 unspecified atom stereocenters. The molecule has 4 rings (SSSR count). The van der Waals surface area contributed by atoms with Crippen molar-refractivity contribution in [3.8, 4) is 17.2 Å². The Labute approximate surface area is 198 Å². The van der Waals surface area contributed by atoms with E-state index >= 15 is 0 Å². The number of methoxy groups -OCH3 is 1. The number of hydrogen-bond acceptors (Lipinski definition) is 6. The van der Waals surface area contributed by atoms with E-state index in [1.54, 1.807) is 37.4 Å². The second-order valence-electron chi connectivity index (χ2n) is 7.63. The molecule has 0 spiro atoms. The number of carbonyl (C=O) groups excluding carboxylic acids is 2. The predicted molar refractivity (Wildman–Crippen MR) is 130 cm³/mol. The Morgan fingerprint density at radius 1 is 0.941 bits per heavy atom. The third kappa shape index (κ3) is 5.40. The molecule has 8 nitrogen and oxygen atoms in total. The number of benzene rings is 3. The van der Waals surface area contributed by atoms with Gasteiger partial charge in [0.25, 0.3) is 5.91 Å². The molecular weight excluding hydrogens is 434 g/mol. The van der Waals surface area contributed by atoms with E-state index in [9.17, 15) is 9.59 Å². The molecule has 1 aliphatic rings. The van der Waals surface area contributed by atoms with Gasteiger partial charge in [-0.2, -0.15) is 0 Å². The van der Waals surface area contributed by atoms with Gasteiger partial charge in [-0.25, -0.2) is 0 Å². The highest BCUT2D eigenvalue weighted by Crippen LogP contribution is 2.32. The Morgan fingerprint density at radius 2 is 1.65 bits per heavy atom. The topological polar surface area (TPSA) is 89.1 Å². The van der Waals surface area contributed by atoms with Crippen LogP contribution in [0.2, 0.25) is 0 Å². The molecule has 0 saturated carbocycles. The molecule has 0 fully saturated rings. The number of anilines is 3. The first-order valence-corrected chi connectivity index (χ1v) is 11.1. The van der Waals surface area contributed by atoms with Crippen LogP contribution in [-0.2, 0) is 4.79 Å². The zero-order valence-corrected chi connectivity index (χ0v) is 19.2. The Kier molecular flexibility index (Phi) is 7.17. The average molecular weight is 462 g/mol. The smallest absolute Gasteiger partial charge is 0.256 e. The van der Waals surface area contributed by atoms with Crippen molar-refractivity contribution in [1.29, 1.82) is 0 Å². The van der Waals surface area contributed by atoms with Crippen LogP contribution >= 0.6 is 0 Å². The number of carbonyl (C=O) groups is 2. The summed E-state index contributed by atoms with van der Waals surface area (Å²) in [5.74, 6) is 1.45. The number of nitrogens with one attached hydrogen (secondary N) is 2. The predicted octanol–water partition coefficient (Wildman–Crippen LogP) is 4.31. The molecule has 8 heteroatoms. The molecule has 3 aromatic carbocycles. The van der Waals surface area contributed by atoms with Gasteiger partial charge in [0, 0.05) is 24.0 Å². The Morgan fingerprint density at radius 3 is 2.38 bits per heavy atom. The Bertz CT molecular complexity index is 1160. The van der Waals surface area contributed by atoms with Crippen LogP contribution in [0.15, 0.2) is 66.7 Å². The zero-order chi connectivity index (χ0) is 23.9. The molecule has 0 aromatic heterocycles. The number of amides is 2.